The zero-order valence-corrected chi connectivity index (χ0v) is 21.9. The van der Waals surface area contributed by atoms with Gasteiger partial charge in [-0.2, -0.15) is 0 Å². The summed E-state index contributed by atoms with van der Waals surface area (Å²) < 4.78 is 5.72. The van der Waals surface area contributed by atoms with E-state index in [9.17, 15) is 9.59 Å². The number of carbonyl (C=O) groups excluding carboxylic acids is 2. The molecule has 2 saturated heterocycles. The van der Waals surface area contributed by atoms with Crippen LogP contribution in [0.3, 0.4) is 0 Å². The summed E-state index contributed by atoms with van der Waals surface area (Å²) in [5, 5.41) is 7.26. The number of hydrogen-bond acceptors (Lipinski definition) is 8. The highest BCUT2D eigenvalue weighted by Gasteiger charge is 2.42. The number of likely N-dealkylation sites (tertiary alicyclic amines) is 1. The van der Waals surface area contributed by atoms with Crippen molar-refractivity contribution in [3.63, 3.8) is 0 Å². The fourth-order valence-electron chi connectivity index (χ4n) is 5.25. The molecule has 2 fully saturated rings. The quantitative estimate of drug-likeness (QED) is 0.364. The number of carbonyl (C=O) groups is 2. The zero-order chi connectivity index (χ0) is 26.5. The van der Waals surface area contributed by atoms with Crippen LogP contribution in [0.25, 0.3) is 10.9 Å². The van der Waals surface area contributed by atoms with Crippen LogP contribution in [-0.4, -0.2) is 77.0 Å². The number of amides is 1. The molecule has 38 heavy (non-hydrogen) atoms. The maximum absolute atomic E-state index is 12.6. The van der Waals surface area contributed by atoms with Gasteiger partial charge in [0, 0.05) is 62.2 Å². The third-order valence-electron chi connectivity index (χ3n) is 7.24. The first kappa shape index (κ1) is 25.8. The second-order valence-corrected chi connectivity index (χ2v) is 10.3. The molecule has 2 aromatic carbocycles. The number of aromatic nitrogens is 2. The number of likely N-dealkylation sites (N-methyl/N-ethyl adjacent to an activating group) is 1. The number of piperidine rings is 1. The van der Waals surface area contributed by atoms with Gasteiger partial charge in [0.05, 0.1) is 12.1 Å². The molecule has 2 aliphatic heterocycles. The molecule has 1 atom stereocenters. The smallest absolute Gasteiger partial charge is 0.320 e. The molecule has 2 aliphatic rings. The molecule has 0 saturated carbocycles. The minimum absolute atomic E-state index is 0.0613. The van der Waals surface area contributed by atoms with E-state index < -0.39 is 0 Å². The lowest BCUT2D eigenvalue weighted by Crippen LogP contribution is -2.57. The van der Waals surface area contributed by atoms with Gasteiger partial charge in [-0.05, 0) is 37.7 Å². The molecule has 2 N–H and O–H groups in total. The Kier molecular flexibility index (Phi) is 7.67. The third-order valence-corrected chi connectivity index (χ3v) is 7.24. The van der Waals surface area contributed by atoms with E-state index in [0.717, 1.165) is 54.8 Å². The van der Waals surface area contributed by atoms with Crippen molar-refractivity contribution in [2.24, 2.45) is 0 Å². The number of hydrogen-bond donors (Lipinski definition) is 2. The van der Waals surface area contributed by atoms with Crippen molar-refractivity contribution in [1.82, 2.24) is 19.8 Å². The standard InChI is InChI=1S/C29H34N6O3/c1-21(22-7-4-3-5-8-22)32-28-24-17-23(10-11-25(24)30-20-31-28)33-26(36)9-6-14-35-15-12-29(13-16-35)19-34(2)18-27(37)38-29/h3-11,17,20-21H,12-16,18-19H2,1-2H3,(H,33,36)(H,30,31,32). The summed E-state index contributed by atoms with van der Waals surface area (Å²) in [7, 11) is 1.96. The van der Waals surface area contributed by atoms with Crippen LogP contribution in [0, 0.1) is 0 Å². The highest BCUT2D eigenvalue weighted by molar-refractivity contribution is 6.01. The lowest BCUT2D eigenvalue weighted by atomic mass is 9.89. The van der Waals surface area contributed by atoms with Crippen LogP contribution < -0.4 is 10.6 Å². The van der Waals surface area contributed by atoms with Gasteiger partial charge >= 0.3 is 5.97 Å². The van der Waals surface area contributed by atoms with Gasteiger partial charge in [-0.25, -0.2) is 9.97 Å². The Bertz CT molecular complexity index is 1320. The minimum atomic E-state index is -0.367. The Morgan fingerprint density at radius 1 is 1.16 bits per heavy atom. The summed E-state index contributed by atoms with van der Waals surface area (Å²) in [6.07, 6.45) is 6.61. The predicted octanol–water partition coefficient (Wildman–Crippen LogP) is 3.62. The summed E-state index contributed by atoms with van der Waals surface area (Å²) >= 11 is 0. The van der Waals surface area contributed by atoms with Crippen LogP contribution in [0.2, 0.25) is 0 Å². The zero-order valence-electron chi connectivity index (χ0n) is 21.9. The molecule has 0 aliphatic carbocycles. The Labute approximate surface area is 222 Å². The van der Waals surface area contributed by atoms with Gasteiger partial charge < -0.3 is 15.4 Å². The number of fused-ring (bicyclic) bond motifs is 1. The highest BCUT2D eigenvalue weighted by Crippen LogP contribution is 2.30. The minimum Gasteiger partial charge on any atom is -0.457 e. The number of anilines is 2. The van der Waals surface area contributed by atoms with Crippen molar-refractivity contribution in [2.75, 3.05) is 50.4 Å². The van der Waals surface area contributed by atoms with E-state index in [2.05, 4.69) is 44.6 Å². The normalized spacial score (nSPS) is 18.9. The molecule has 1 amide bonds. The summed E-state index contributed by atoms with van der Waals surface area (Å²) in [6.45, 7) is 5.55. The van der Waals surface area contributed by atoms with E-state index in [1.807, 2.05) is 54.4 Å². The van der Waals surface area contributed by atoms with E-state index in [4.69, 9.17) is 4.74 Å². The van der Waals surface area contributed by atoms with Crippen LogP contribution >= 0.6 is 0 Å². The number of nitrogens with zero attached hydrogens (tertiary/aromatic N) is 4. The number of nitrogens with one attached hydrogen (secondary N) is 2. The second kappa shape index (κ2) is 11.3. The van der Waals surface area contributed by atoms with Crippen molar-refractivity contribution >= 4 is 34.3 Å². The van der Waals surface area contributed by atoms with E-state index in [-0.39, 0.29) is 23.5 Å². The number of rotatable bonds is 7. The average molecular weight is 515 g/mol. The molecule has 0 bridgehead atoms. The van der Waals surface area contributed by atoms with Crippen molar-refractivity contribution in [3.05, 3.63) is 72.6 Å². The summed E-state index contributed by atoms with van der Waals surface area (Å²) in [4.78, 5) is 37.6. The molecular weight excluding hydrogens is 480 g/mol. The van der Waals surface area contributed by atoms with Crippen LogP contribution in [0.4, 0.5) is 11.5 Å². The predicted molar refractivity (Wildman–Crippen MR) is 148 cm³/mol. The van der Waals surface area contributed by atoms with E-state index in [1.165, 1.54) is 0 Å². The molecule has 198 valence electrons. The summed E-state index contributed by atoms with van der Waals surface area (Å²) in [5.74, 6) is 0.387. The molecule has 3 heterocycles. The van der Waals surface area contributed by atoms with Gasteiger partial charge in [-0.15, -0.1) is 0 Å². The largest absolute Gasteiger partial charge is 0.457 e. The van der Waals surface area contributed by atoms with Crippen molar-refractivity contribution in [1.29, 1.82) is 0 Å². The SMILES string of the molecule is CC(Nc1ncnc2ccc(NC(=O)C=CCN3CCC4(CC3)CN(C)CC(=O)O4)cc12)c1ccccc1. The first-order valence-corrected chi connectivity index (χ1v) is 13.1. The van der Waals surface area contributed by atoms with Crippen LogP contribution in [0.5, 0.6) is 0 Å². The van der Waals surface area contributed by atoms with Gasteiger partial charge in [0.2, 0.25) is 5.91 Å². The third kappa shape index (κ3) is 6.17. The molecule has 1 unspecified atom stereocenters. The lowest BCUT2D eigenvalue weighted by Gasteiger charge is -2.45. The van der Waals surface area contributed by atoms with E-state index in [1.54, 1.807) is 12.4 Å². The maximum atomic E-state index is 12.6. The average Bonchev–Trinajstić information content (AvgIpc) is 2.90. The van der Waals surface area contributed by atoms with Crippen molar-refractivity contribution in [2.45, 2.75) is 31.4 Å². The maximum Gasteiger partial charge on any atom is 0.320 e. The Morgan fingerprint density at radius 3 is 2.71 bits per heavy atom. The molecule has 1 spiro atoms. The van der Waals surface area contributed by atoms with Crippen molar-refractivity contribution in [3.8, 4) is 0 Å². The molecule has 5 rings (SSSR count). The topological polar surface area (TPSA) is 99.7 Å². The molecule has 0 radical (unpaired) electrons. The molecular formula is C29H34N6O3. The monoisotopic (exact) mass is 514 g/mol. The van der Waals surface area contributed by atoms with E-state index in [0.29, 0.717) is 18.8 Å². The first-order chi connectivity index (χ1) is 18.4. The number of morpholine rings is 1. The summed E-state index contributed by atoms with van der Waals surface area (Å²) in [6, 6.07) is 15.9. The second-order valence-electron chi connectivity index (χ2n) is 10.3. The Balaban J connectivity index is 1.16. The van der Waals surface area contributed by atoms with Crippen LogP contribution in [0.1, 0.15) is 31.4 Å². The van der Waals surface area contributed by atoms with Crippen molar-refractivity contribution < 1.29 is 14.3 Å². The lowest BCUT2D eigenvalue weighted by molar-refractivity contribution is -0.179. The number of ether oxygens (including phenoxy) is 1. The van der Waals surface area contributed by atoms with Gasteiger partial charge in [-0.3, -0.25) is 19.4 Å². The number of benzene rings is 2. The summed E-state index contributed by atoms with van der Waals surface area (Å²) in [5.41, 5.74) is 2.27. The molecule has 9 heteroatoms. The molecule has 3 aromatic rings. The highest BCUT2D eigenvalue weighted by atomic mass is 16.6. The fraction of sp³-hybridized carbons (Fsp3) is 0.379. The van der Waals surface area contributed by atoms with Crippen LogP contribution in [0.15, 0.2) is 67.0 Å². The van der Waals surface area contributed by atoms with Gasteiger partial charge in [-0.1, -0.05) is 36.4 Å². The number of esters is 1. The van der Waals surface area contributed by atoms with Crippen LogP contribution in [-0.2, 0) is 14.3 Å². The first-order valence-electron chi connectivity index (χ1n) is 13.1. The molecule has 1 aromatic heterocycles. The van der Waals surface area contributed by atoms with E-state index >= 15 is 0 Å². The fourth-order valence-corrected chi connectivity index (χ4v) is 5.25. The van der Waals surface area contributed by atoms with Gasteiger partial charge in [0.25, 0.3) is 0 Å². The van der Waals surface area contributed by atoms with Gasteiger partial charge in [0.1, 0.15) is 17.7 Å². The van der Waals surface area contributed by atoms with Gasteiger partial charge in [0.15, 0.2) is 0 Å². The Hall–Kier alpha value is -3.82. The molecule has 9 nitrogen and oxygen atoms in total. The Morgan fingerprint density at radius 2 is 1.95 bits per heavy atom.